The van der Waals surface area contributed by atoms with E-state index < -0.39 is 0 Å². The minimum Gasteiger partial charge on any atom is -0.361 e. The maximum absolute atomic E-state index is 11.4. The number of hydrogen-bond acceptors (Lipinski definition) is 4. The van der Waals surface area contributed by atoms with Gasteiger partial charge in [0.05, 0.1) is 6.54 Å². The zero-order valence-electron chi connectivity index (χ0n) is 8.96. The Morgan fingerprint density at radius 3 is 2.94 bits per heavy atom. The first-order valence-corrected chi connectivity index (χ1v) is 5.56. The molecule has 0 radical (unpaired) electrons. The van der Waals surface area contributed by atoms with E-state index >= 15 is 0 Å². The van der Waals surface area contributed by atoms with Crippen molar-refractivity contribution in [2.45, 2.75) is 25.8 Å². The largest absolute Gasteiger partial charge is 0.361 e. The average molecular weight is 241 g/mol. The van der Waals surface area contributed by atoms with Gasteiger partial charge in [-0.2, -0.15) is 0 Å². The second-order valence-corrected chi connectivity index (χ2v) is 4.21. The normalized spacial score (nSPS) is 14.6. The first-order valence-electron chi connectivity index (χ1n) is 5.18. The summed E-state index contributed by atoms with van der Waals surface area (Å²) in [5, 5.41) is 6.16. The van der Waals surface area contributed by atoms with E-state index in [1.54, 1.807) is 13.0 Å². The second kappa shape index (κ2) is 4.65. The number of anilines is 1. The molecule has 5 nitrogen and oxygen atoms in total. The summed E-state index contributed by atoms with van der Waals surface area (Å²) < 4.78 is 0. The molecule has 86 valence electrons. The molecule has 0 spiro atoms. The van der Waals surface area contributed by atoms with Crippen LogP contribution in [-0.4, -0.2) is 28.5 Å². The van der Waals surface area contributed by atoms with Gasteiger partial charge in [-0.25, -0.2) is 9.97 Å². The van der Waals surface area contributed by atoms with Crippen molar-refractivity contribution in [2.24, 2.45) is 0 Å². The van der Waals surface area contributed by atoms with E-state index in [1.807, 2.05) is 0 Å². The smallest absolute Gasteiger partial charge is 0.239 e. The van der Waals surface area contributed by atoms with Crippen molar-refractivity contribution in [3.63, 3.8) is 0 Å². The number of aromatic nitrogens is 2. The first kappa shape index (κ1) is 11.1. The molecule has 0 aliphatic heterocycles. The molecule has 0 saturated heterocycles. The number of carbonyl (C=O) groups is 1. The quantitative estimate of drug-likeness (QED) is 0.775. The SMILES string of the molecule is Cc1nc(Cl)cc(NCC(=O)NC2CC2)n1. The Labute approximate surface area is 98.6 Å². The Hall–Kier alpha value is -1.36. The van der Waals surface area contributed by atoms with Gasteiger partial charge in [0.25, 0.3) is 0 Å². The average Bonchev–Trinajstić information content (AvgIpc) is 2.97. The van der Waals surface area contributed by atoms with E-state index in [0.29, 0.717) is 22.8 Å². The van der Waals surface area contributed by atoms with Gasteiger partial charge in [-0.05, 0) is 19.8 Å². The Kier molecular flexibility index (Phi) is 3.24. The Balaban J connectivity index is 1.85. The van der Waals surface area contributed by atoms with E-state index in [9.17, 15) is 4.79 Å². The predicted octanol–water partition coefficient (Wildman–Crippen LogP) is 1.13. The van der Waals surface area contributed by atoms with Crippen molar-refractivity contribution in [3.8, 4) is 0 Å². The molecule has 1 fully saturated rings. The van der Waals surface area contributed by atoms with Crippen molar-refractivity contribution in [3.05, 3.63) is 17.0 Å². The Bertz CT molecular complexity index is 386. The zero-order chi connectivity index (χ0) is 11.5. The van der Waals surface area contributed by atoms with Crippen molar-refractivity contribution in [1.82, 2.24) is 15.3 Å². The molecule has 2 rings (SSSR count). The molecule has 1 heterocycles. The molecule has 1 aliphatic carbocycles. The predicted molar refractivity (Wildman–Crippen MR) is 61.4 cm³/mol. The van der Waals surface area contributed by atoms with E-state index in [1.165, 1.54) is 0 Å². The van der Waals surface area contributed by atoms with E-state index in [4.69, 9.17) is 11.6 Å². The van der Waals surface area contributed by atoms with Crippen LogP contribution in [0.2, 0.25) is 5.15 Å². The molecular weight excluding hydrogens is 228 g/mol. The lowest BCUT2D eigenvalue weighted by Gasteiger charge is -2.06. The molecule has 1 aromatic rings. The first-order chi connectivity index (χ1) is 7.63. The van der Waals surface area contributed by atoms with Crippen LogP contribution in [0, 0.1) is 6.92 Å². The number of nitrogens with zero attached hydrogens (tertiary/aromatic N) is 2. The summed E-state index contributed by atoms with van der Waals surface area (Å²) in [7, 11) is 0. The monoisotopic (exact) mass is 240 g/mol. The fraction of sp³-hybridized carbons (Fsp3) is 0.500. The van der Waals surface area contributed by atoms with Gasteiger partial charge in [-0.3, -0.25) is 4.79 Å². The fourth-order valence-electron chi connectivity index (χ4n) is 1.30. The number of rotatable bonds is 4. The molecule has 1 aromatic heterocycles. The number of nitrogens with one attached hydrogen (secondary N) is 2. The number of carbonyl (C=O) groups excluding carboxylic acids is 1. The van der Waals surface area contributed by atoms with Gasteiger partial charge in [0.2, 0.25) is 5.91 Å². The van der Waals surface area contributed by atoms with Gasteiger partial charge in [-0.1, -0.05) is 11.6 Å². The van der Waals surface area contributed by atoms with Gasteiger partial charge in [-0.15, -0.1) is 0 Å². The van der Waals surface area contributed by atoms with Crippen LogP contribution < -0.4 is 10.6 Å². The second-order valence-electron chi connectivity index (χ2n) is 3.82. The lowest BCUT2D eigenvalue weighted by atomic mass is 10.5. The molecule has 1 aliphatic rings. The van der Waals surface area contributed by atoms with Crippen molar-refractivity contribution in [1.29, 1.82) is 0 Å². The summed E-state index contributed by atoms with van der Waals surface area (Å²) in [5.74, 6) is 1.14. The molecule has 6 heteroatoms. The topological polar surface area (TPSA) is 66.9 Å². The highest BCUT2D eigenvalue weighted by Gasteiger charge is 2.22. The molecule has 0 bridgehead atoms. The lowest BCUT2D eigenvalue weighted by Crippen LogP contribution is -2.31. The Morgan fingerprint density at radius 2 is 2.31 bits per heavy atom. The van der Waals surface area contributed by atoms with Crippen molar-refractivity contribution in [2.75, 3.05) is 11.9 Å². The minimum atomic E-state index is -0.0186. The number of amides is 1. The summed E-state index contributed by atoms with van der Waals surface area (Å²) in [5.41, 5.74) is 0. The third kappa shape index (κ3) is 3.34. The summed E-state index contributed by atoms with van der Waals surface area (Å²) in [6, 6.07) is 1.98. The molecule has 0 aromatic carbocycles. The van der Waals surface area contributed by atoms with E-state index in [-0.39, 0.29) is 12.5 Å². The van der Waals surface area contributed by atoms with Gasteiger partial charge < -0.3 is 10.6 Å². The van der Waals surface area contributed by atoms with Gasteiger partial charge in [0.1, 0.15) is 16.8 Å². The van der Waals surface area contributed by atoms with Gasteiger partial charge >= 0.3 is 0 Å². The van der Waals surface area contributed by atoms with Crippen LogP contribution in [0.4, 0.5) is 5.82 Å². The molecule has 0 unspecified atom stereocenters. The zero-order valence-corrected chi connectivity index (χ0v) is 9.71. The standard InChI is InChI=1S/C10H13ClN4O/c1-6-13-8(11)4-9(14-6)12-5-10(16)15-7-2-3-7/h4,7H,2-3,5H2,1H3,(H,15,16)(H,12,13,14). The number of aryl methyl sites for hydroxylation is 1. The van der Waals surface area contributed by atoms with Crippen LogP contribution in [0.1, 0.15) is 18.7 Å². The van der Waals surface area contributed by atoms with Crippen LogP contribution in [0.25, 0.3) is 0 Å². The minimum absolute atomic E-state index is 0.0186. The summed E-state index contributed by atoms with van der Waals surface area (Å²) >= 11 is 5.77. The highest BCUT2D eigenvalue weighted by molar-refractivity contribution is 6.29. The maximum Gasteiger partial charge on any atom is 0.239 e. The van der Waals surface area contributed by atoms with E-state index in [2.05, 4.69) is 20.6 Å². The molecule has 1 saturated carbocycles. The molecule has 0 atom stereocenters. The van der Waals surface area contributed by atoms with Gasteiger partial charge in [0.15, 0.2) is 0 Å². The van der Waals surface area contributed by atoms with Crippen LogP contribution >= 0.6 is 11.6 Å². The number of halogens is 1. The molecule has 2 N–H and O–H groups in total. The molecular formula is C10H13ClN4O. The van der Waals surface area contributed by atoms with Crippen LogP contribution in [0.15, 0.2) is 6.07 Å². The van der Waals surface area contributed by atoms with Gasteiger partial charge in [0, 0.05) is 12.1 Å². The van der Waals surface area contributed by atoms with Crippen LogP contribution in [0.5, 0.6) is 0 Å². The molecule has 16 heavy (non-hydrogen) atoms. The van der Waals surface area contributed by atoms with Crippen molar-refractivity contribution >= 4 is 23.3 Å². The lowest BCUT2D eigenvalue weighted by molar-refractivity contribution is -0.119. The summed E-state index contributed by atoms with van der Waals surface area (Å²) in [6.07, 6.45) is 2.17. The third-order valence-electron chi connectivity index (χ3n) is 2.18. The fourth-order valence-corrected chi connectivity index (χ4v) is 1.52. The van der Waals surface area contributed by atoms with Crippen molar-refractivity contribution < 1.29 is 4.79 Å². The molecule has 1 amide bonds. The van der Waals surface area contributed by atoms with E-state index in [0.717, 1.165) is 12.8 Å². The maximum atomic E-state index is 11.4. The number of hydrogen-bond donors (Lipinski definition) is 2. The van der Waals surface area contributed by atoms with Crippen LogP contribution in [0.3, 0.4) is 0 Å². The highest BCUT2D eigenvalue weighted by atomic mass is 35.5. The summed E-state index contributed by atoms with van der Waals surface area (Å²) in [4.78, 5) is 19.4. The van der Waals surface area contributed by atoms with Crippen LogP contribution in [-0.2, 0) is 4.79 Å². The highest BCUT2D eigenvalue weighted by Crippen LogP contribution is 2.18. The third-order valence-corrected chi connectivity index (χ3v) is 2.37. The Morgan fingerprint density at radius 1 is 1.56 bits per heavy atom. The summed E-state index contributed by atoms with van der Waals surface area (Å²) in [6.45, 7) is 1.96.